The molecule has 1 nitrogen and oxygen atoms in total. The van der Waals surface area contributed by atoms with Crippen molar-refractivity contribution in [2.24, 2.45) is 5.73 Å². The van der Waals surface area contributed by atoms with Crippen molar-refractivity contribution >= 4 is 22.0 Å². The first-order chi connectivity index (χ1) is 6.15. The highest BCUT2D eigenvalue weighted by atomic mass is 79.9. The van der Waals surface area contributed by atoms with Crippen LogP contribution in [-0.2, 0) is 0 Å². The van der Waals surface area contributed by atoms with E-state index in [1.54, 1.807) is 0 Å². The van der Waals surface area contributed by atoms with Crippen LogP contribution < -0.4 is 5.73 Å². The summed E-state index contributed by atoms with van der Waals surface area (Å²) in [6.07, 6.45) is 4.01. The van der Waals surface area contributed by atoms with Crippen LogP contribution in [0.5, 0.6) is 0 Å². The fourth-order valence-corrected chi connectivity index (χ4v) is 1.51. The van der Waals surface area contributed by atoms with Crippen molar-refractivity contribution in [2.45, 2.75) is 13.8 Å². The molecular formula is C11H14BrN. The van der Waals surface area contributed by atoms with Gasteiger partial charge in [0.25, 0.3) is 0 Å². The summed E-state index contributed by atoms with van der Waals surface area (Å²) in [7, 11) is 0. The summed E-state index contributed by atoms with van der Waals surface area (Å²) in [6, 6.07) is 4.28. The molecule has 0 amide bonds. The SMILES string of the molecule is Cc1cc(/C=C/CN)cc(C)c1Br. The van der Waals surface area contributed by atoms with E-state index < -0.39 is 0 Å². The average Bonchev–Trinajstić information content (AvgIpc) is 2.10. The molecular weight excluding hydrogens is 226 g/mol. The molecule has 1 rings (SSSR count). The maximum absolute atomic E-state index is 5.39. The average molecular weight is 240 g/mol. The minimum absolute atomic E-state index is 0.591. The lowest BCUT2D eigenvalue weighted by atomic mass is 10.1. The molecule has 2 N–H and O–H groups in total. The van der Waals surface area contributed by atoms with Crippen molar-refractivity contribution < 1.29 is 0 Å². The Bertz CT molecular complexity index is 306. The monoisotopic (exact) mass is 239 g/mol. The first-order valence-corrected chi connectivity index (χ1v) is 5.08. The third-order valence-corrected chi connectivity index (χ3v) is 3.16. The molecule has 0 saturated carbocycles. The van der Waals surface area contributed by atoms with Crippen LogP contribution in [0.1, 0.15) is 16.7 Å². The third kappa shape index (κ3) is 2.68. The number of nitrogens with two attached hydrogens (primary N) is 1. The van der Waals surface area contributed by atoms with E-state index >= 15 is 0 Å². The smallest absolute Gasteiger partial charge is 0.0234 e. The van der Waals surface area contributed by atoms with Gasteiger partial charge in [0.2, 0.25) is 0 Å². The third-order valence-electron chi connectivity index (χ3n) is 1.91. The zero-order valence-electron chi connectivity index (χ0n) is 7.97. The molecule has 0 spiro atoms. The zero-order chi connectivity index (χ0) is 9.84. The first-order valence-electron chi connectivity index (χ1n) is 4.28. The highest BCUT2D eigenvalue weighted by molar-refractivity contribution is 9.10. The molecule has 0 atom stereocenters. The van der Waals surface area contributed by atoms with E-state index in [1.165, 1.54) is 21.2 Å². The van der Waals surface area contributed by atoms with Crippen LogP contribution in [0.25, 0.3) is 6.08 Å². The largest absolute Gasteiger partial charge is 0.327 e. The van der Waals surface area contributed by atoms with Crippen molar-refractivity contribution in [1.29, 1.82) is 0 Å². The molecule has 70 valence electrons. The van der Waals surface area contributed by atoms with Crippen LogP contribution in [-0.4, -0.2) is 6.54 Å². The van der Waals surface area contributed by atoms with Gasteiger partial charge in [-0.25, -0.2) is 0 Å². The minimum Gasteiger partial charge on any atom is -0.327 e. The molecule has 1 aromatic rings. The van der Waals surface area contributed by atoms with Gasteiger partial charge in [-0.05, 0) is 30.5 Å². The highest BCUT2D eigenvalue weighted by Gasteiger charge is 1.99. The molecule has 0 aliphatic heterocycles. The second-order valence-corrected chi connectivity index (χ2v) is 3.90. The molecule has 1 aromatic carbocycles. The lowest BCUT2D eigenvalue weighted by molar-refractivity contribution is 1.26. The lowest BCUT2D eigenvalue weighted by Crippen LogP contribution is -1.92. The standard InChI is InChI=1S/C11H14BrN/c1-8-6-10(4-3-5-13)7-9(2)11(8)12/h3-4,6-7H,5,13H2,1-2H3/b4-3+. The quantitative estimate of drug-likeness (QED) is 0.844. The molecule has 13 heavy (non-hydrogen) atoms. The summed E-state index contributed by atoms with van der Waals surface area (Å²) < 4.78 is 1.19. The molecule has 0 heterocycles. The lowest BCUT2D eigenvalue weighted by Gasteiger charge is -2.04. The van der Waals surface area contributed by atoms with Gasteiger partial charge < -0.3 is 5.73 Å². The Hall–Kier alpha value is -0.600. The number of rotatable bonds is 2. The number of hydrogen-bond donors (Lipinski definition) is 1. The Morgan fingerprint density at radius 1 is 1.31 bits per heavy atom. The second-order valence-electron chi connectivity index (χ2n) is 3.11. The van der Waals surface area contributed by atoms with Gasteiger partial charge >= 0.3 is 0 Å². The van der Waals surface area contributed by atoms with Gasteiger partial charge in [-0.2, -0.15) is 0 Å². The van der Waals surface area contributed by atoms with Gasteiger partial charge in [0, 0.05) is 11.0 Å². The highest BCUT2D eigenvalue weighted by Crippen LogP contribution is 2.22. The predicted molar refractivity (Wildman–Crippen MR) is 61.7 cm³/mol. The van der Waals surface area contributed by atoms with Gasteiger partial charge in [-0.3, -0.25) is 0 Å². The van der Waals surface area contributed by atoms with Crippen molar-refractivity contribution in [3.63, 3.8) is 0 Å². The van der Waals surface area contributed by atoms with Gasteiger partial charge in [0.15, 0.2) is 0 Å². The topological polar surface area (TPSA) is 26.0 Å². The summed E-state index contributed by atoms with van der Waals surface area (Å²) in [5.41, 5.74) is 9.12. The molecule has 2 heteroatoms. The number of hydrogen-bond acceptors (Lipinski definition) is 1. The van der Waals surface area contributed by atoms with Crippen LogP contribution >= 0.6 is 15.9 Å². The van der Waals surface area contributed by atoms with E-state index in [0.717, 1.165) is 0 Å². The number of benzene rings is 1. The molecule has 0 radical (unpaired) electrons. The summed E-state index contributed by atoms with van der Waals surface area (Å²) in [4.78, 5) is 0. The minimum atomic E-state index is 0.591. The van der Waals surface area contributed by atoms with Crippen molar-refractivity contribution in [3.05, 3.63) is 39.4 Å². The Morgan fingerprint density at radius 3 is 2.31 bits per heavy atom. The zero-order valence-corrected chi connectivity index (χ0v) is 9.56. The van der Waals surface area contributed by atoms with Gasteiger partial charge in [0.1, 0.15) is 0 Å². The Balaban J connectivity index is 3.06. The van der Waals surface area contributed by atoms with Gasteiger partial charge in [-0.1, -0.05) is 40.2 Å². The Kier molecular flexibility index (Phi) is 3.70. The Morgan fingerprint density at radius 2 is 1.85 bits per heavy atom. The summed E-state index contributed by atoms with van der Waals surface area (Å²) in [6.45, 7) is 4.78. The number of aryl methyl sites for hydroxylation is 2. The maximum Gasteiger partial charge on any atom is 0.0234 e. The van der Waals surface area contributed by atoms with E-state index in [9.17, 15) is 0 Å². The molecule has 0 bridgehead atoms. The predicted octanol–water partition coefficient (Wildman–Crippen LogP) is 3.04. The summed E-state index contributed by atoms with van der Waals surface area (Å²) >= 11 is 3.53. The Labute approximate surface area is 87.8 Å². The van der Waals surface area contributed by atoms with Crippen LogP contribution in [0.2, 0.25) is 0 Å². The molecule has 0 saturated heterocycles. The molecule has 0 aromatic heterocycles. The van der Waals surface area contributed by atoms with Gasteiger partial charge in [-0.15, -0.1) is 0 Å². The van der Waals surface area contributed by atoms with Gasteiger partial charge in [0.05, 0.1) is 0 Å². The fraction of sp³-hybridized carbons (Fsp3) is 0.273. The van der Waals surface area contributed by atoms with Crippen molar-refractivity contribution in [3.8, 4) is 0 Å². The van der Waals surface area contributed by atoms with Crippen LogP contribution in [0.4, 0.5) is 0 Å². The van der Waals surface area contributed by atoms with E-state index in [0.29, 0.717) is 6.54 Å². The number of halogens is 1. The van der Waals surface area contributed by atoms with E-state index in [4.69, 9.17) is 5.73 Å². The first kappa shape index (κ1) is 10.5. The van der Waals surface area contributed by atoms with E-state index in [1.807, 2.05) is 12.2 Å². The summed E-state index contributed by atoms with van der Waals surface area (Å²) in [5.74, 6) is 0. The molecule has 0 aliphatic carbocycles. The molecule has 0 aliphatic rings. The van der Waals surface area contributed by atoms with Crippen LogP contribution in [0, 0.1) is 13.8 Å². The summed E-state index contributed by atoms with van der Waals surface area (Å²) in [5, 5.41) is 0. The van der Waals surface area contributed by atoms with E-state index in [-0.39, 0.29) is 0 Å². The van der Waals surface area contributed by atoms with Crippen LogP contribution in [0.15, 0.2) is 22.7 Å². The molecule has 0 fully saturated rings. The molecule has 0 unspecified atom stereocenters. The van der Waals surface area contributed by atoms with Crippen LogP contribution in [0.3, 0.4) is 0 Å². The fourth-order valence-electron chi connectivity index (χ4n) is 1.28. The van der Waals surface area contributed by atoms with Crippen molar-refractivity contribution in [2.75, 3.05) is 6.54 Å². The van der Waals surface area contributed by atoms with Crippen molar-refractivity contribution in [1.82, 2.24) is 0 Å². The second kappa shape index (κ2) is 4.58. The normalized spacial score (nSPS) is 11.1. The maximum atomic E-state index is 5.39. The van der Waals surface area contributed by atoms with E-state index in [2.05, 4.69) is 41.9 Å².